The fraction of sp³-hybridized carbons (Fsp3) is 0.700. The van der Waals surface area contributed by atoms with Crippen molar-refractivity contribution in [3.63, 3.8) is 0 Å². The average molecular weight is 705 g/mol. The van der Waals surface area contributed by atoms with Crippen molar-refractivity contribution in [1.29, 1.82) is 0 Å². The van der Waals surface area contributed by atoms with E-state index in [9.17, 15) is 35.9 Å². The standard InChI is InChI=1S/C30H42F6N8O3Si/c1-19(40-24-13-39-43(18-47-9-10-48(2,3)4)27(46)25(24)30(34,35)36)14-41-8-7-20(15-41)26(45)44-22-5-6-23(44)17-42(16-22)28-37-11-21(12-38-28)29(31,32)33/h11-13,19-20,22-23,40H,5-10,14-18H2,1-4H3/t19-,20+,22?,23?/m0/s1. The quantitative estimate of drug-likeness (QED) is 0.207. The SMILES string of the molecule is C[C@@H](CN1CC[C@@H](C(=O)N2C3CCC2CN(c2ncc(C(F)(F)F)cn2)C3)C1)Nc1cnn(COCC[Si](C)(C)C)c(=O)c1C(F)(F)F. The first-order chi connectivity index (χ1) is 22.4. The number of nitrogens with zero attached hydrogens (tertiary/aromatic N) is 7. The molecule has 1 amide bonds. The zero-order chi connectivity index (χ0) is 35.0. The van der Waals surface area contributed by atoms with E-state index in [0.29, 0.717) is 50.4 Å². The largest absolute Gasteiger partial charge is 0.423 e. The summed E-state index contributed by atoms with van der Waals surface area (Å²) in [5.74, 6) is -0.0724. The molecule has 2 unspecified atom stereocenters. The molecule has 0 aliphatic carbocycles. The number of hydrogen-bond acceptors (Lipinski definition) is 9. The van der Waals surface area contributed by atoms with E-state index in [1.165, 1.54) is 0 Å². The molecule has 0 radical (unpaired) electrons. The van der Waals surface area contributed by atoms with Gasteiger partial charge in [-0.05, 0) is 38.8 Å². The Labute approximate surface area is 275 Å². The van der Waals surface area contributed by atoms with Crippen LogP contribution in [0.1, 0.15) is 37.3 Å². The minimum Gasteiger partial charge on any atom is -0.379 e. The van der Waals surface area contributed by atoms with Crippen LogP contribution < -0.4 is 15.8 Å². The summed E-state index contributed by atoms with van der Waals surface area (Å²) < 4.78 is 87.0. The van der Waals surface area contributed by atoms with E-state index in [1.807, 2.05) is 14.7 Å². The number of nitrogens with one attached hydrogen (secondary N) is 1. The van der Waals surface area contributed by atoms with Crippen LogP contribution >= 0.6 is 0 Å². The predicted octanol–water partition coefficient (Wildman–Crippen LogP) is 4.39. The number of carbonyl (C=O) groups excluding carboxylic acids is 1. The normalized spacial score (nSPS) is 22.8. The van der Waals surface area contributed by atoms with Gasteiger partial charge in [-0.2, -0.15) is 31.4 Å². The first kappa shape index (κ1) is 36.0. The molecule has 11 nitrogen and oxygen atoms in total. The summed E-state index contributed by atoms with van der Waals surface area (Å²) in [5.41, 5.74) is -3.93. The molecule has 0 spiro atoms. The predicted molar refractivity (Wildman–Crippen MR) is 168 cm³/mol. The van der Waals surface area contributed by atoms with Crippen molar-refractivity contribution in [3.05, 3.63) is 40.1 Å². The van der Waals surface area contributed by atoms with Crippen LogP contribution in [-0.4, -0.2) is 101 Å². The maximum absolute atomic E-state index is 14.0. The van der Waals surface area contributed by atoms with Crippen molar-refractivity contribution in [2.45, 2.75) is 89.1 Å². The summed E-state index contributed by atoms with van der Waals surface area (Å²) in [6.45, 7) is 10.3. The van der Waals surface area contributed by atoms with E-state index in [0.717, 1.165) is 37.5 Å². The van der Waals surface area contributed by atoms with Gasteiger partial charge in [0.1, 0.15) is 12.3 Å². The Hall–Kier alpha value is -3.25. The van der Waals surface area contributed by atoms with E-state index in [2.05, 4.69) is 40.0 Å². The van der Waals surface area contributed by atoms with Gasteiger partial charge in [-0.25, -0.2) is 14.6 Å². The Bertz CT molecular complexity index is 1490. The van der Waals surface area contributed by atoms with Crippen molar-refractivity contribution in [2.24, 2.45) is 5.92 Å². The molecule has 0 aromatic carbocycles. The van der Waals surface area contributed by atoms with Crippen molar-refractivity contribution in [1.82, 2.24) is 29.5 Å². The maximum atomic E-state index is 14.0. The molecule has 3 fully saturated rings. The second-order valence-corrected chi connectivity index (χ2v) is 19.8. The van der Waals surface area contributed by atoms with Gasteiger partial charge in [0, 0.05) is 71.4 Å². The van der Waals surface area contributed by atoms with E-state index < -0.39 is 48.8 Å². The van der Waals surface area contributed by atoms with Gasteiger partial charge in [-0.3, -0.25) is 9.59 Å². The summed E-state index contributed by atoms with van der Waals surface area (Å²) >= 11 is 0. The van der Waals surface area contributed by atoms with Crippen LogP contribution in [0.4, 0.5) is 38.0 Å². The van der Waals surface area contributed by atoms with E-state index in [4.69, 9.17) is 4.74 Å². The number of amides is 1. The van der Waals surface area contributed by atoms with Gasteiger partial charge in [-0.1, -0.05) is 19.6 Å². The lowest BCUT2D eigenvalue weighted by Crippen LogP contribution is -2.57. The molecular weight excluding hydrogens is 662 g/mol. The topological polar surface area (TPSA) is 109 Å². The summed E-state index contributed by atoms with van der Waals surface area (Å²) in [7, 11) is -1.42. The lowest BCUT2D eigenvalue weighted by molar-refractivity contribution is -0.139. The van der Waals surface area contributed by atoms with Gasteiger partial charge in [0.25, 0.3) is 5.56 Å². The molecule has 2 aromatic heterocycles. The second kappa shape index (κ2) is 13.9. The first-order valence-corrected chi connectivity index (χ1v) is 19.8. The highest BCUT2D eigenvalue weighted by Crippen LogP contribution is 2.36. The molecule has 5 rings (SSSR count). The second-order valence-electron chi connectivity index (χ2n) is 14.2. The molecule has 3 saturated heterocycles. The number of likely N-dealkylation sites (tertiary alicyclic amines) is 1. The minimum atomic E-state index is -4.91. The van der Waals surface area contributed by atoms with E-state index in [-0.39, 0.29) is 36.6 Å². The van der Waals surface area contributed by atoms with Crippen molar-refractivity contribution in [3.8, 4) is 0 Å². The van der Waals surface area contributed by atoms with Crippen molar-refractivity contribution in [2.75, 3.05) is 49.5 Å². The molecule has 5 heterocycles. The summed E-state index contributed by atoms with van der Waals surface area (Å²) in [6.07, 6.45) is -4.76. The fourth-order valence-corrected chi connectivity index (χ4v) is 7.42. The Kier molecular flexibility index (Phi) is 10.5. The highest BCUT2D eigenvalue weighted by Gasteiger charge is 2.46. The Morgan fingerprint density at radius 2 is 1.65 bits per heavy atom. The number of aromatic nitrogens is 4. The maximum Gasteiger partial charge on any atom is 0.423 e. The number of piperazine rings is 1. The number of anilines is 2. The van der Waals surface area contributed by atoms with Gasteiger partial charge < -0.3 is 24.8 Å². The monoisotopic (exact) mass is 704 g/mol. The van der Waals surface area contributed by atoms with Crippen LogP contribution in [-0.2, 0) is 28.6 Å². The fourth-order valence-electron chi connectivity index (χ4n) is 6.66. The summed E-state index contributed by atoms with van der Waals surface area (Å²) in [6, 6.07) is 0.0805. The first-order valence-electron chi connectivity index (χ1n) is 16.1. The smallest absolute Gasteiger partial charge is 0.379 e. The minimum absolute atomic E-state index is 0.0119. The van der Waals surface area contributed by atoms with Crippen LogP contribution in [0, 0.1) is 5.92 Å². The summed E-state index contributed by atoms with van der Waals surface area (Å²) in [4.78, 5) is 40.1. The molecular formula is C30H42F6N8O3Si. The highest BCUT2D eigenvalue weighted by molar-refractivity contribution is 6.76. The van der Waals surface area contributed by atoms with Gasteiger partial charge in [0.2, 0.25) is 11.9 Å². The van der Waals surface area contributed by atoms with Crippen molar-refractivity contribution < 1.29 is 35.9 Å². The number of alkyl halides is 6. The molecule has 18 heteroatoms. The Morgan fingerprint density at radius 3 is 2.23 bits per heavy atom. The number of ether oxygens (including phenoxy) is 1. The molecule has 2 bridgehead atoms. The van der Waals surface area contributed by atoms with Crippen LogP contribution in [0.3, 0.4) is 0 Å². The van der Waals surface area contributed by atoms with Crippen LogP contribution in [0.2, 0.25) is 25.7 Å². The Balaban J connectivity index is 1.15. The number of hydrogen-bond donors (Lipinski definition) is 1. The average Bonchev–Trinajstić information content (AvgIpc) is 3.55. The molecule has 0 saturated carbocycles. The molecule has 266 valence electrons. The number of fused-ring (bicyclic) bond motifs is 2. The van der Waals surface area contributed by atoms with E-state index >= 15 is 0 Å². The van der Waals surface area contributed by atoms with Crippen LogP contribution in [0.5, 0.6) is 0 Å². The lowest BCUT2D eigenvalue weighted by Gasteiger charge is -2.42. The van der Waals surface area contributed by atoms with Crippen molar-refractivity contribution >= 4 is 25.6 Å². The molecule has 2 aromatic rings. The van der Waals surface area contributed by atoms with E-state index in [1.54, 1.807) is 6.92 Å². The number of rotatable bonds is 11. The molecule has 48 heavy (non-hydrogen) atoms. The van der Waals surface area contributed by atoms with Crippen LogP contribution in [0.25, 0.3) is 0 Å². The number of halogens is 6. The molecule has 4 atom stereocenters. The third-order valence-corrected chi connectivity index (χ3v) is 10.8. The van der Waals surface area contributed by atoms with Crippen LogP contribution in [0.15, 0.2) is 23.4 Å². The zero-order valence-electron chi connectivity index (χ0n) is 27.4. The molecule has 3 aliphatic rings. The molecule has 1 N–H and O–H groups in total. The highest BCUT2D eigenvalue weighted by atomic mass is 28.3. The zero-order valence-corrected chi connectivity index (χ0v) is 28.4. The van der Waals surface area contributed by atoms with Gasteiger partial charge in [0.15, 0.2) is 0 Å². The van der Waals surface area contributed by atoms with Gasteiger partial charge in [-0.15, -0.1) is 0 Å². The molecule has 3 aliphatic heterocycles. The Morgan fingerprint density at radius 1 is 1.00 bits per heavy atom. The van der Waals surface area contributed by atoms with Gasteiger partial charge >= 0.3 is 12.4 Å². The van der Waals surface area contributed by atoms with Gasteiger partial charge in [0.05, 0.1) is 23.4 Å². The third kappa shape index (κ3) is 8.48. The summed E-state index contributed by atoms with van der Waals surface area (Å²) in [5, 5.41) is 6.74. The lowest BCUT2D eigenvalue weighted by atomic mass is 10.0. The number of carbonyl (C=O) groups is 1. The third-order valence-electron chi connectivity index (χ3n) is 9.08.